The molecule has 0 saturated heterocycles. The average Bonchev–Trinajstić information content (AvgIpc) is 3.36. The molecule has 0 aliphatic rings. The number of ether oxygens (including phenoxy) is 1. The number of para-hydroxylation sites is 1. The predicted molar refractivity (Wildman–Crippen MR) is 169 cm³/mol. The highest BCUT2D eigenvalue weighted by molar-refractivity contribution is 7.90. The van der Waals surface area contributed by atoms with Crippen LogP contribution in [0.15, 0.2) is 67.5 Å². The van der Waals surface area contributed by atoms with Gasteiger partial charge in [-0.05, 0) is 52.2 Å². The quantitative estimate of drug-likeness (QED) is 0.228. The van der Waals surface area contributed by atoms with E-state index in [1.807, 2.05) is 50.3 Å². The molecule has 2 heterocycles. The topological polar surface area (TPSA) is 122 Å². The van der Waals surface area contributed by atoms with E-state index in [4.69, 9.17) is 9.72 Å². The van der Waals surface area contributed by atoms with Crippen molar-refractivity contribution in [3.05, 3.63) is 67.5 Å². The predicted octanol–water partition coefficient (Wildman–Crippen LogP) is 4.56. The van der Waals surface area contributed by atoms with Crippen LogP contribution in [-0.4, -0.2) is 79.8 Å². The lowest BCUT2D eigenvalue weighted by Crippen LogP contribution is -2.29. The number of rotatable bonds is 12. The Morgan fingerprint density at radius 2 is 1.86 bits per heavy atom. The SMILES string of the molecule is C=CC(=O)Nc1cc(Nc2nccc(-c3cn(S(=O)(=O)C(C)C)c4ccccc34)n2)c(OC)cc1N(C)CCN(C)C. The fourth-order valence-corrected chi connectivity index (χ4v) is 5.53. The van der Waals surface area contributed by atoms with Gasteiger partial charge < -0.3 is 25.2 Å². The number of nitrogens with one attached hydrogen (secondary N) is 2. The smallest absolute Gasteiger partial charge is 0.247 e. The van der Waals surface area contributed by atoms with Crippen LogP contribution in [0.4, 0.5) is 23.0 Å². The van der Waals surface area contributed by atoms with E-state index in [0.717, 1.165) is 17.6 Å². The first-order chi connectivity index (χ1) is 20.0. The third-order valence-electron chi connectivity index (χ3n) is 6.78. The lowest BCUT2D eigenvalue weighted by molar-refractivity contribution is -0.111. The fraction of sp³-hybridized carbons (Fsp3) is 0.300. The molecule has 0 spiro atoms. The van der Waals surface area contributed by atoms with Crippen LogP contribution in [0.2, 0.25) is 0 Å². The molecule has 42 heavy (non-hydrogen) atoms. The Morgan fingerprint density at radius 1 is 1.12 bits per heavy atom. The van der Waals surface area contributed by atoms with E-state index in [9.17, 15) is 13.2 Å². The summed E-state index contributed by atoms with van der Waals surface area (Å²) in [5.41, 5.74) is 3.63. The molecule has 0 radical (unpaired) electrons. The van der Waals surface area contributed by atoms with Crippen LogP contribution in [0.25, 0.3) is 22.2 Å². The number of aromatic nitrogens is 3. The standard InChI is InChI=1S/C30H37N7O4S/c1-8-29(38)32-24-17-25(28(41-7)18-27(24)36(6)16-15-35(4)5)34-30-31-14-13-23(33-30)22-19-37(42(39,40)20(2)3)26-12-10-9-11-21(22)26/h8-14,17-20H,1,15-16H2,2-7H3,(H,32,38)(H,31,33,34). The second kappa shape index (κ2) is 12.6. The normalized spacial score (nSPS) is 11.6. The first-order valence-electron chi connectivity index (χ1n) is 13.4. The Hall–Kier alpha value is -4.42. The summed E-state index contributed by atoms with van der Waals surface area (Å²) in [7, 11) is 3.90. The van der Waals surface area contributed by atoms with Gasteiger partial charge in [0.1, 0.15) is 5.75 Å². The first kappa shape index (κ1) is 30.5. The molecule has 2 aromatic carbocycles. The Bertz CT molecular complexity index is 1710. The molecule has 2 aromatic heterocycles. The average molecular weight is 592 g/mol. The molecule has 0 aliphatic carbocycles. The van der Waals surface area contributed by atoms with E-state index >= 15 is 0 Å². The van der Waals surface area contributed by atoms with Gasteiger partial charge in [0.2, 0.25) is 21.9 Å². The number of amides is 1. The van der Waals surface area contributed by atoms with Crippen molar-refractivity contribution >= 4 is 49.8 Å². The van der Waals surface area contributed by atoms with Crippen molar-refractivity contribution in [1.82, 2.24) is 18.8 Å². The third-order valence-corrected chi connectivity index (χ3v) is 8.82. The number of fused-ring (bicyclic) bond motifs is 1. The van der Waals surface area contributed by atoms with Crippen LogP contribution in [0.3, 0.4) is 0 Å². The highest BCUT2D eigenvalue weighted by Crippen LogP contribution is 2.38. The van der Waals surface area contributed by atoms with Crippen molar-refractivity contribution in [1.29, 1.82) is 0 Å². The molecule has 11 nitrogen and oxygen atoms in total. The minimum atomic E-state index is -3.60. The number of likely N-dealkylation sites (N-methyl/N-ethyl adjacent to an activating group) is 2. The van der Waals surface area contributed by atoms with Gasteiger partial charge in [-0.25, -0.2) is 22.4 Å². The molecule has 0 saturated carbocycles. The maximum Gasteiger partial charge on any atom is 0.247 e. The molecular weight excluding hydrogens is 554 g/mol. The zero-order valence-corrected chi connectivity index (χ0v) is 25.6. The van der Waals surface area contributed by atoms with Gasteiger partial charge in [-0.3, -0.25) is 4.79 Å². The van der Waals surface area contributed by atoms with Gasteiger partial charge in [0.25, 0.3) is 0 Å². The Balaban J connectivity index is 1.76. The summed E-state index contributed by atoms with van der Waals surface area (Å²) in [6.07, 6.45) is 4.42. The van der Waals surface area contributed by atoms with Gasteiger partial charge in [-0.2, -0.15) is 0 Å². The summed E-state index contributed by atoms with van der Waals surface area (Å²) < 4.78 is 33.2. The molecular formula is C30H37N7O4S. The molecule has 4 rings (SSSR count). The zero-order chi connectivity index (χ0) is 30.6. The minimum absolute atomic E-state index is 0.268. The van der Waals surface area contributed by atoms with E-state index in [1.165, 1.54) is 10.0 Å². The molecule has 0 atom stereocenters. The molecule has 222 valence electrons. The molecule has 0 fully saturated rings. The maximum absolute atomic E-state index is 13.1. The summed E-state index contributed by atoms with van der Waals surface area (Å²) in [5.74, 6) is 0.440. The Morgan fingerprint density at radius 3 is 2.52 bits per heavy atom. The number of hydrogen-bond donors (Lipinski definition) is 2. The van der Waals surface area contributed by atoms with Gasteiger partial charge >= 0.3 is 0 Å². The number of methoxy groups -OCH3 is 1. The largest absolute Gasteiger partial charge is 0.494 e. The molecule has 12 heteroatoms. The third kappa shape index (κ3) is 6.39. The van der Waals surface area contributed by atoms with Crippen LogP contribution >= 0.6 is 0 Å². The van der Waals surface area contributed by atoms with E-state index in [-0.39, 0.29) is 11.9 Å². The summed E-state index contributed by atoms with van der Waals surface area (Å²) >= 11 is 0. The van der Waals surface area contributed by atoms with Crippen LogP contribution in [0.1, 0.15) is 13.8 Å². The van der Waals surface area contributed by atoms with Crippen molar-refractivity contribution in [3.8, 4) is 17.0 Å². The molecule has 1 amide bonds. The highest BCUT2D eigenvalue weighted by Gasteiger charge is 2.23. The van der Waals surface area contributed by atoms with E-state index < -0.39 is 15.3 Å². The Labute approximate surface area is 246 Å². The second-order valence-corrected chi connectivity index (χ2v) is 12.7. The number of carbonyl (C=O) groups is 1. The van der Waals surface area contributed by atoms with Crippen LogP contribution in [-0.2, 0) is 14.8 Å². The minimum Gasteiger partial charge on any atom is -0.494 e. The lowest BCUT2D eigenvalue weighted by atomic mass is 10.1. The molecule has 0 unspecified atom stereocenters. The fourth-order valence-electron chi connectivity index (χ4n) is 4.39. The van der Waals surface area contributed by atoms with Gasteiger partial charge in [0.05, 0.1) is 40.6 Å². The van der Waals surface area contributed by atoms with Crippen LogP contribution in [0.5, 0.6) is 5.75 Å². The summed E-state index contributed by atoms with van der Waals surface area (Å²) in [5, 5.41) is 6.24. The van der Waals surface area contributed by atoms with Gasteiger partial charge in [-0.1, -0.05) is 24.8 Å². The van der Waals surface area contributed by atoms with Crippen molar-refractivity contribution in [2.24, 2.45) is 0 Å². The second-order valence-electron chi connectivity index (χ2n) is 10.3. The van der Waals surface area contributed by atoms with Crippen molar-refractivity contribution < 1.29 is 17.9 Å². The first-order valence-corrected chi connectivity index (χ1v) is 14.9. The number of anilines is 4. The van der Waals surface area contributed by atoms with Gasteiger partial charge in [0.15, 0.2) is 0 Å². The number of carbonyl (C=O) groups excluding carboxylic acids is 1. The van der Waals surface area contributed by atoms with E-state index in [0.29, 0.717) is 40.4 Å². The number of hydrogen-bond acceptors (Lipinski definition) is 9. The van der Waals surface area contributed by atoms with E-state index in [2.05, 4.69) is 27.1 Å². The summed E-state index contributed by atoms with van der Waals surface area (Å²) in [4.78, 5) is 25.5. The number of nitrogens with zero attached hydrogens (tertiary/aromatic N) is 5. The van der Waals surface area contributed by atoms with Crippen molar-refractivity contribution in [2.75, 3.05) is 56.9 Å². The van der Waals surface area contributed by atoms with Crippen LogP contribution in [0, 0.1) is 0 Å². The van der Waals surface area contributed by atoms with Crippen molar-refractivity contribution in [2.45, 2.75) is 19.1 Å². The summed E-state index contributed by atoms with van der Waals surface area (Å²) in [6.45, 7) is 8.40. The highest BCUT2D eigenvalue weighted by atomic mass is 32.2. The Kier molecular flexibility index (Phi) is 9.17. The van der Waals surface area contributed by atoms with Gasteiger partial charge in [-0.15, -0.1) is 0 Å². The number of benzene rings is 2. The molecule has 0 bridgehead atoms. The van der Waals surface area contributed by atoms with E-state index in [1.54, 1.807) is 51.6 Å². The van der Waals surface area contributed by atoms with Gasteiger partial charge in [0, 0.05) is 49.5 Å². The molecule has 2 N–H and O–H groups in total. The molecule has 0 aliphatic heterocycles. The zero-order valence-electron chi connectivity index (χ0n) is 24.7. The van der Waals surface area contributed by atoms with Crippen molar-refractivity contribution in [3.63, 3.8) is 0 Å². The lowest BCUT2D eigenvalue weighted by Gasteiger charge is -2.26. The monoisotopic (exact) mass is 591 g/mol. The maximum atomic E-state index is 13.1. The summed E-state index contributed by atoms with van der Waals surface area (Å²) in [6, 6.07) is 12.6. The molecule has 4 aromatic rings. The van der Waals surface area contributed by atoms with Crippen LogP contribution < -0.4 is 20.3 Å².